The molecule has 5 nitrogen and oxygen atoms in total. The lowest BCUT2D eigenvalue weighted by Gasteiger charge is -2.23. The quantitative estimate of drug-likeness (QED) is 0.595. The van der Waals surface area contributed by atoms with Crippen LogP contribution >= 0.6 is 11.3 Å². The van der Waals surface area contributed by atoms with Crippen molar-refractivity contribution in [2.45, 2.75) is 25.4 Å². The predicted molar refractivity (Wildman–Crippen MR) is 94.3 cm³/mol. The number of aromatic amines is 1. The molecule has 1 atom stereocenters. The number of aromatic nitrogens is 1. The molecule has 4 N–H and O–H groups in total. The van der Waals surface area contributed by atoms with Crippen LogP contribution in [0.15, 0.2) is 29.1 Å². The Morgan fingerprint density at radius 3 is 3.04 bits per heavy atom. The van der Waals surface area contributed by atoms with Crippen LogP contribution < -0.4 is 16.2 Å². The molecule has 1 saturated heterocycles. The maximum atomic E-state index is 12.3. The number of aromatic hydroxyl groups is 1. The minimum Gasteiger partial charge on any atom is -0.508 e. The summed E-state index contributed by atoms with van der Waals surface area (Å²) >= 11 is 1.52. The first-order valence-electron chi connectivity index (χ1n) is 7.92. The van der Waals surface area contributed by atoms with Crippen LogP contribution in [0.2, 0.25) is 0 Å². The van der Waals surface area contributed by atoms with Gasteiger partial charge in [0, 0.05) is 40.3 Å². The van der Waals surface area contributed by atoms with Gasteiger partial charge in [-0.15, -0.1) is 11.3 Å². The van der Waals surface area contributed by atoms with E-state index in [4.69, 9.17) is 0 Å². The van der Waals surface area contributed by atoms with Gasteiger partial charge in [-0.2, -0.15) is 0 Å². The summed E-state index contributed by atoms with van der Waals surface area (Å²) in [5, 5.41) is 18.5. The number of fused-ring (bicyclic) bond motifs is 3. The second-order valence-corrected chi connectivity index (χ2v) is 7.20. The van der Waals surface area contributed by atoms with E-state index in [1.54, 1.807) is 18.2 Å². The molecular formula is C17H19N3O2S. The van der Waals surface area contributed by atoms with E-state index in [0.717, 1.165) is 45.5 Å². The van der Waals surface area contributed by atoms with Crippen LogP contribution in [0.1, 0.15) is 17.7 Å². The fraction of sp³-hybridized carbons (Fsp3) is 0.353. The molecule has 1 aromatic carbocycles. The fourth-order valence-corrected chi connectivity index (χ4v) is 4.23. The number of hydrogen-bond acceptors (Lipinski definition) is 5. The highest BCUT2D eigenvalue weighted by Crippen LogP contribution is 2.30. The first-order chi connectivity index (χ1) is 11.2. The first kappa shape index (κ1) is 14.7. The molecule has 120 valence electrons. The van der Waals surface area contributed by atoms with Crippen molar-refractivity contribution in [2.24, 2.45) is 0 Å². The highest BCUT2D eigenvalue weighted by atomic mass is 32.1. The van der Waals surface area contributed by atoms with E-state index in [-0.39, 0.29) is 11.3 Å². The van der Waals surface area contributed by atoms with Gasteiger partial charge in [0.25, 0.3) is 5.56 Å². The van der Waals surface area contributed by atoms with Crippen molar-refractivity contribution in [3.63, 3.8) is 0 Å². The number of nitrogens with one attached hydrogen (secondary N) is 3. The van der Waals surface area contributed by atoms with Crippen LogP contribution in [0, 0.1) is 0 Å². The van der Waals surface area contributed by atoms with Crippen LogP contribution in [0.25, 0.3) is 21.0 Å². The number of H-pyrrole nitrogens is 1. The Bertz CT molecular complexity index is 909. The number of pyridine rings is 1. The van der Waals surface area contributed by atoms with Crippen molar-refractivity contribution in [2.75, 3.05) is 13.1 Å². The van der Waals surface area contributed by atoms with Gasteiger partial charge >= 0.3 is 0 Å². The summed E-state index contributed by atoms with van der Waals surface area (Å²) in [5.74, 6) is 0.213. The highest BCUT2D eigenvalue weighted by Gasteiger charge is 2.14. The molecule has 1 fully saturated rings. The zero-order valence-corrected chi connectivity index (χ0v) is 13.5. The van der Waals surface area contributed by atoms with Gasteiger partial charge < -0.3 is 20.7 Å². The maximum Gasteiger partial charge on any atom is 0.266 e. The number of phenolic OH excluding ortho intramolecular Hbond substituents is 1. The van der Waals surface area contributed by atoms with E-state index >= 15 is 0 Å². The third-order valence-corrected chi connectivity index (χ3v) is 5.53. The molecule has 4 rings (SSSR count). The van der Waals surface area contributed by atoms with Gasteiger partial charge in [0.1, 0.15) is 10.4 Å². The molecule has 0 amide bonds. The number of benzene rings is 1. The van der Waals surface area contributed by atoms with Gasteiger partial charge in [-0.1, -0.05) is 0 Å². The number of thiophene rings is 1. The van der Waals surface area contributed by atoms with Crippen molar-refractivity contribution < 1.29 is 5.11 Å². The second kappa shape index (κ2) is 5.96. The fourth-order valence-electron chi connectivity index (χ4n) is 3.21. The minimum atomic E-state index is -0.0613. The highest BCUT2D eigenvalue weighted by molar-refractivity contribution is 7.19. The first-order valence-corrected chi connectivity index (χ1v) is 8.74. The van der Waals surface area contributed by atoms with Crippen LogP contribution in [-0.2, 0) is 6.54 Å². The maximum absolute atomic E-state index is 12.3. The Labute approximate surface area is 137 Å². The smallest absolute Gasteiger partial charge is 0.266 e. The molecule has 0 spiro atoms. The van der Waals surface area contributed by atoms with Crippen molar-refractivity contribution in [1.82, 2.24) is 15.6 Å². The molecule has 3 heterocycles. The van der Waals surface area contributed by atoms with Gasteiger partial charge in [-0.05, 0) is 43.7 Å². The summed E-state index contributed by atoms with van der Waals surface area (Å²) in [6, 6.07) is 7.61. The van der Waals surface area contributed by atoms with Crippen molar-refractivity contribution in [3.8, 4) is 5.75 Å². The third kappa shape index (κ3) is 2.85. The average molecular weight is 329 g/mol. The predicted octanol–water partition coefficient (Wildman–Crippen LogP) is 2.29. The van der Waals surface area contributed by atoms with Crippen molar-refractivity contribution in [1.29, 1.82) is 0 Å². The molecule has 0 saturated carbocycles. The van der Waals surface area contributed by atoms with Crippen LogP contribution in [0.3, 0.4) is 0 Å². The zero-order chi connectivity index (χ0) is 15.8. The van der Waals surface area contributed by atoms with E-state index in [0.29, 0.717) is 6.04 Å². The SMILES string of the molecule is O=c1[nH]c2ccc(O)cc2c2cc(CNC3CCCNC3)sc12. The number of rotatable bonds is 3. The van der Waals surface area contributed by atoms with Crippen LogP contribution in [-0.4, -0.2) is 29.2 Å². The van der Waals surface area contributed by atoms with Crippen LogP contribution in [0.5, 0.6) is 5.75 Å². The zero-order valence-electron chi connectivity index (χ0n) is 12.7. The summed E-state index contributed by atoms with van der Waals surface area (Å²) in [6.07, 6.45) is 2.39. The molecule has 23 heavy (non-hydrogen) atoms. The molecule has 0 bridgehead atoms. The lowest BCUT2D eigenvalue weighted by atomic mass is 10.1. The van der Waals surface area contributed by atoms with E-state index < -0.39 is 0 Å². The third-order valence-electron chi connectivity index (χ3n) is 4.39. The lowest BCUT2D eigenvalue weighted by Crippen LogP contribution is -2.42. The lowest BCUT2D eigenvalue weighted by molar-refractivity contribution is 0.390. The standard InChI is InChI=1S/C17H19N3O2S/c21-11-3-4-15-13(6-11)14-7-12(23-16(14)17(22)20-15)9-19-10-2-1-5-18-8-10/h3-4,6-7,10,18-19,21H,1-2,5,8-9H2,(H,20,22). The van der Waals surface area contributed by atoms with E-state index in [2.05, 4.69) is 21.7 Å². The van der Waals surface area contributed by atoms with Crippen molar-refractivity contribution >= 4 is 32.3 Å². The summed E-state index contributed by atoms with van der Waals surface area (Å²) in [4.78, 5) is 16.3. The molecule has 2 aromatic heterocycles. The molecule has 0 radical (unpaired) electrons. The molecule has 1 aliphatic heterocycles. The summed E-state index contributed by atoms with van der Waals surface area (Å²) < 4.78 is 0.724. The van der Waals surface area contributed by atoms with Crippen LogP contribution in [0.4, 0.5) is 0 Å². The monoisotopic (exact) mass is 329 g/mol. The molecule has 0 aliphatic carbocycles. The molecular weight excluding hydrogens is 310 g/mol. The van der Waals surface area contributed by atoms with Crippen molar-refractivity contribution in [3.05, 3.63) is 39.5 Å². The topological polar surface area (TPSA) is 77.2 Å². The summed E-state index contributed by atoms with van der Waals surface area (Å²) in [5.41, 5.74) is 0.697. The van der Waals surface area contributed by atoms with Gasteiger partial charge in [0.2, 0.25) is 0 Å². The molecule has 6 heteroatoms. The van der Waals surface area contributed by atoms with Gasteiger partial charge in [-0.25, -0.2) is 0 Å². The van der Waals surface area contributed by atoms with E-state index in [9.17, 15) is 9.90 Å². The molecule has 3 aromatic rings. The summed E-state index contributed by atoms with van der Waals surface area (Å²) in [6.45, 7) is 2.87. The number of phenols is 1. The Balaban J connectivity index is 1.69. The number of hydrogen-bond donors (Lipinski definition) is 4. The molecule has 1 unspecified atom stereocenters. The average Bonchev–Trinajstić information content (AvgIpc) is 3.00. The molecule has 1 aliphatic rings. The second-order valence-electron chi connectivity index (χ2n) is 6.06. The number of piperidine rings is 1. The van der Waals surface area contributed by atoms with Gasteiger partial charge in [-0.3, -0.25) is 4.79 Å². The largest absolute Gasteiger partial charge is 0.508 e. The van der Waals surface area contributed by atoms with Gasteiger partial charge in [0.05, 0.1) is 0 Å². The van der Waals surface area contributed by atoms with E-state index in [1.807, 2.05) is 0 Å². The Hall–Kier alpha value is -1.89. The van der Waals surface area contributed by atoms with E-state index in [1.165, 1.54) is 24.2 Å². The van der Waals surface area contributed by atoms with Gasteiger partial charge in [0.15, 0.2) is 0 Å². The minimum absolute atomic E-state index is 0.0613. The summed E-state index contributed by atoms with van der Waals surface area (Å²) in [7, 11) is 0. The normalized spacial score (nSPS) is 18.7. The Morgan fingerprint density at radius 1 is 1.30 bits per heavy atom. The Morgan fingerprint density at radius 2 is 2.22 bits per heavy atom. The Kier molecular flexibility index (Phi) is 3.80.